The fourth-order valence-corrected chi connectivity index (χ4v) is 3.28. The number of pyridine rings is 1. The van der Waals surface area contributed by atoms with E-state index in [1.807, 2.05) is 23.1 Å². The van der Waals surface area contributed by atoms with Gasteiger partial charge in [-0.1, -0.05) is 6.07 Å². The van der Waals surface area contributed by atoms with E-state index in [0.717, 1.165) is 12.8 Å². The summed E-state index contributed by atoms with van der Waals surface area (Å²) < 4.78 is 45.8. The maximum Gasteiger partial charge on any atom is 0.453 e. The van der Waals surface area contributed by atoms with Crippen LogP contribution in [0.15, 0.2) is 30.5 Å². The molecule has 0 radical (unpaired) electrons. The van der Waals surface area contributed by atoms with Crippen LogP contribution in [0.5, 0.6) is 5.88 Å². The normalized spacial score (nSPS) is 15.9. The quantitative estimate of drug-likeness (QED) is 0.680. The maximum atomic E-state index is 13.0. The van der Waals surface area contributed by atoms with Crippen molar-refractivity contribution in [1.29, 1.82) is 0 Å². The number of aryl methyl sites for hydroxylation is 1. The number of piperidine rings is 1. The largest absolute Gasteiger partial charge is 0.477 e. The van der Waals surface area contributed by atoms with Crippen molar-refractivity contribution in [2.24, 2.45) is 5.92 Å². The molecule has 0 bridgehead atoms. The van der Waals surface area contributed by atoms with Gasteiger partial charge in [0.2, 0.25) is 5.88 Å². The minimum Gasteiger partial charge on any atom is -0.477 e. The Morgan fingerprint density at radius 1 is 1.18 bits per heavy atom. The first-order chi connectivity index (χ1) is 13.4. The standard InChI is InChI=1S/C18H19F3N6O/c1-12-10-15(27-17(23-12)24-16(25-27)18(19,20)21)26-8-5-13(6-9-26)11-28-14-4-2-3-7-22-14/h2-4,7,10,13H,5-6,8-9,11H2,1H3. The second-order valence-corrected chi connectivity index (χ2v) is 6.81. The molecule has 0 amide bonds. The average molecular weight is 392 g/mol. The van der Waals surface area contributed by atoms with Crippen LogP contribution in [0.3, 0.4) is 0 Å². The predicted molar refractivity (Wildman–Crippen MR) is 95.2 cm³/mol. The molecule has 3 aromatic heterocycles. The van der Waals surface area contributed by atoms with Crippen molar-refractivity contribution in [1.82, 2.24) is 24.6 Å². The molecule has 0 spiro atoms. The first kappa shape index (κ1) is 18.5. The summed E-state index contributed by atoms with van der Waals surface area (Å²) in [5, 5.41) is 3.64. The Morgan fingerprint density at radius 3 is 2.64 bits per heavy atom. The Hall–Kier alpha value is -2.91. The first-order valence-electron chi connectivity index (χ1n) is 9.00. The van der Waals surface area contributed by atoms with Gasteiger partial charge in [-0.3, -0.25) is 0 Å². The number of anilines is 1. The monoisotopic (exact) mass is 392 g/mol. The van der Waals surface area contributed by atoms with Crippen LogP contribution in [-0.2, 0) is 6.18 Å². The summed E-state index contributed by atoms with van der Waals surface area (Å²) in [4.78, 5) is 13.8. The van der Waals surface area contributed by atoms with E-state index >= 15 is 0 Å². The minimum absolute atomic E-state index is 0.0390. The van der Waals surface area contributed by atoms with Crippen LogP contribution in [0, 0.1) is 12.8 Å². The molecule has 0 unspecified atom stereocenters. The molecular weight excluding hydrogens is 373 g/mol. The van der Waals surface area contributed by atoms with Crippen LogP contribution < -0.4 is 9.64 Å². The maximum absolute atomic E-state index is 13.0. The summed E-state index contributed by atoms with van der Waals surface area (Å²) in [5.74, 6) is 0.319. The minimum atomic E-state index is -4.60. The molecule has 1 aliphatic heterocycles. The van der Waals surface area contributed by atoms with Gasteiger partial charge in [0.1, 0.15) is 5.82 Å². The van der Waals surface area contributed by atoms with Crippen LogP contribution in [0.25, 0.3) is 5.78 Å². The van der Waals surface area contributed by atoms with E-state index in [1.165, 1.54) is 4.52 Å². The Morgan fingerprint density at radius 2 is 1.96 bits per heavy atom. The van der Waals surface area contributed by atoms with Crippen LogP contribution in [0.4, 0.5) is 19.0 Å². The Balaban J connectivity index is 1.47. The lowest BCUT2D eigenvalue weighted by molar-refractivity contribution is -0.144. The Kier molecular flexibility index (Phi) is 4.78. The third-order valence-corrected chi connectivity index (χ3v) is 4.72. The lowest BCUT2D eigenvalue weighted by Crippen LogP contribution is -2.36. The molecule has 4 heterocycles. The number of fused-ring (bicyclic) bond motifs is 1. The van der Waals surface area contributed by atoms with E-state index in [0.29, 0.717) is 43.0 Å². The van der Waals surface area contributed by atoms with Crippen LogP contribution in [0.2, 0.25) is 0 Å². The van der Waals surface area contributed by atoms with Crippen molar-refractivity contribution in [3.05, 3.63) is 42.0 Å². The van der Waals surface area contributed by atoms with Crippen molar-refractivity contribution in [3.63, 3.8) is 0 Å². The van der Waals surface area contributed by atoms with Gasteiger partial charge in [0, 0.05) is 37.1 Å². The number of hydrogen-bond acceptors (Lipinski definition) is 6. The molecule has 0 saturated carbocycles. The Labute approximate surface area is 159 Å². The van der Waals surface area contributed by atoms with Gasteiger partial charge in [0.15, 0.2) is 0 Å². The molecule has 0 aromatic carbocycles. The van der Waals surface area contributed by atoms with Crippen molar-refractivity contribution < 1.29 is 17.9 Å². The molecule has 0 N–H and O–H groups in total. The molecule has 148 valence electrons. The highest BCUT2D eigenvalue weighted by atomic mass is 19.4. The molecule has 1 saturated heterocycles. The first-order valence-corrected chi connectivity index (χ1v) is 9.00. The number of nitrogens with zero attached hydrogens (tertiary/aromatic N) is 6. The van der Waals surface area contributed by atoms with Gasteiger partial charge in [0.25, 0.3) is 11.6 Å². The third kappa shape index (κ3) is 3.85. The summed E-state index contributed by atoms with van der Waals surface area (Å²) in [6.07, 6.45) is -1.20. The van der Waals surface area contributed by atoms with Crippen LogP contribution in [-0.4, -0.2) is 44.3 Å². The molecule has 1 fully saturated rings. The van der Waals surface area contributed by atoms with E-state index < -0.39 is 12.0 Å². The lowest BCUT2D eigenvalue weighted by atomic mass is 9.98. The third-order valence-electron chi connectivity index (χ3n) is 4.72. The fraction of sp³-hybridized carbons (Fsp3) is 0.444. The predicted octanol–water partition coefficient (Wildman–Crippen LogP) is 3.14. The number of aromatic nitrogens is 5. The SMILES string of the molecule is Cc1cc(N2CCC(COc3ccccn3)CC2)n2nc(C(F)(F)F)nc2n1. The van der Waals surface area contributed by atoms with Crippen LogP contribution >= 0.6 is 0 Å². The molecule has 1 aliphatic rings. The number of alkyl halides is 3. The van der Waals surface area contributed by atoms with E-state index in [2.05, 4.69) is 20.1 Å². The van der Waals surface area contributed by atoms with Gasteiger partial charge in [-0.2, -0.15) is 22.7 Å². The van der Waals surface area contributed by atoms with Crippen molar-refractivity contribution in [2.45, 2.75) is 25.9 Å². The molecule has 0 atom stereocenters. The summed E-state index contributed by atoms with van der Waals surface area (Å²) in [6, 6.07) is 7.26. The van der Waals surface area contributed by atoms with E-state index in [1.54, 1.807) is 19.2 Å². The van der Waals surface area contributed by atoms with Gasteiger partial charge in [-0.05, 0) is 31.7 Å². The van der Waals surface area contributed by atoms with Gasteiger partial charge < -0.3 is 9.64 Å². The smallest absolute Gasteiger partial charge is 0.453 e. The number of halogens is 3. The highest BCUT2D eigenvalue weighted by molar-refractivity contribution is 5.48. The summed E-state index contributed by atoms with van der Waals surface area (Å²) in [6.45, 7) is 3.68. The zero-order valence-corrected chi connectivity index (χ0v) is 15.2. The second-order valence-electron chi connectivity index (χ2n) is 6.81. The van der Waals surface area contributed by atoms with Crippen molar-refractivity contribution >= 4 is 11.6 Å². The molecule has 28 heavy (non-hydrogen) atoms. The Bertz CT molecular complexity index is 951. The lowest BCUT2D eigenvalue weighted by Gasteiger charge is -2.33. The molecule has 4 rings (SSSR count). The van der Waals surface area contributed by atoms with E-state index in [9.17, 15) is 13.2 Å². The number of hydrogen-bond donors (Lipinski definition) is 0. The molecule has 10 heteroatoms. The van der Waals surface area contributed by atoms with Gasteiger partial charge in [-0.15, -0.1) is 5.10 Å². The summed E-state index contributed by atoms with van der Waals surface area (Å²) >= 11 is 0. The molecule has 7 nitrogen and oxygen atoms in total. The average Bonchev–Trinajstić information content (AvgIpc) is 3.11. The van der Waals surface area contributed by atoms with Crippen molar-refractivity contribution in [3.8, 4) is 5.88 Å². The molecule has 0 aliphatic carbocycles. The molecule has 3 aromatic rings. The van der Waals surface area contributed by atoms with Crippen molar-refractivity contribution in [2.75, 3.05) is 24.6 Å². The zero-order valence-electron chi connectivity index (χ0n) is 15.2. The second kappa shape index (κ2) is 7.25. The summed E-state index contributed by atoms with van der Waals surface area (Å²) in [5.41, 5.74) is 0.601. The van der Waals surface area contributed by atoms with Crippen LogP contribution in [0.1, 0.15) is 24.4 Å². The van der Waals surface area contributed by atoms with E-state index in [-0.39, 0.29) is 5.78 Å². The number of ether oxygens (including phenoxy) is 1. The zero-order chi connectivity index (χ0) is 19.7. The fourth-order valence-electron chi connectivity index (χ4n) is 3.28. The molecular formula is C18H19F3N6O. The van der Waals surface area contributed by atoms with Gasteiger partial charge in [0.05, 0.1) is 6.61 Å². The van der Waals surface area contributed by atoms with Gasteiger partial charge >= 0.3 is 6.18 Å². The summed E-state index contributed by atoms with van der Waals surface area (Å²) in [7, 11) is 0. The highest BCUT2D eigenvalue weighted by Crippen LogP contribution is 2.29. The number of rotatable bonds is 4. The highest BCUT2D eigenvalue weighted by Gasteiger charge is 2.37. The van der Waals surface area contributed by atoms with E-state index in [4.69, 9.17) is 4.74 Å². The van der Waals surface area contributed by atoms with Gasteiger partial charge in [-0.25, -0.2) is 9.97 Å². The topological polar surface area (TPSA) is 68.4 Å².